The molecule has 0 aliphatic carbocycles. The van der Waals surface area contributed by atoms with Crippen molar-refractivity contribution in [2.24, 2.45) is 0 Å². The molecule has 4 heteroatoms. The third kappa shape index (κ3) is 29.3. The lowest BCUT2D eigenvalue weighted by molar-refractivity contribution is -0.191. The van der Waals surface area contributed by atoms with Gasteiger partial charge in [-0.2, -0.15) is 0 Å². The van der Waals surface area contributed by atoms with E-state index in [0.29, 0.717) is 6.42 Å². The topological polar surface area (TPSA) is 32.8 Å². The summed E-state index contributed by atoms with van der Waals surface area (Å²) in [6.45, 7) is 7.21. The quantitative estimate of drug-likeness (QED) is 0.0584. The lowest BCUT2D eigenvalue weighted by Gasteiger charge is -2.21. The minimum Gasteiger partial charge on any atom is -0.368 e. The Hall–Kier alpha value is -1.13. The van der Waals surface area contributed by atoms with Crippen LogP contribution >= 0.6 is 0 Å². The van der Waals surface area contributed by atoms with Gasteiger partial charge in [0, 0.05) is 19.5 Å². The zero-order valence-corrected chi connectivity index (χ0v) is 25.5. The van der Waals surface area contributed by atoms with Crippen LogP contribution in [0.4, 0.5) is 0 Å². The SMILES string of the molecule is CCCCC/C=C\C/C=C\CCCCCCCCN(CCCCCCCCC)OC(=O)CCCN(C)C. The maximum atomic E-state index is 12.3. The van der Waals surface area contributed by atoms with Gasteiger partial charge in [0.15, 0.2) is 0 Å². The third-order valence-corrected chi connectivity index (χ3v) is 6.84. The van der Waals surface area contributed by atoms with E-state index in [4.69, 9.17) is 4.84 Å². The molecule has 0 radical (unpaired) electrons. The fourth-order valence-corrected chi connectivity index (χ4v) is 4.45. The summed E-state index contributed by atoms with van der Waals surface area (Å²) in [6.07, 6.45) is 34.8. The molecule has 0 aromatic heterocycles. The zero-order valence-electron chi connectivity index (χ0n) is 25.5. The van der Waals surface area contributed by atoms with Crippen LogP contribution in [0.5, 0.6) is 0 Å². The normalized spacial score (nSPS) is 12.1. The number of hydroxylamine groups is 2. The molecule has 0 N–H and O–H groups in total. The summed E-state index contributed by atoms with van der Waals surface area (Å²) in [7, 11) is 4.09. The monoisotopic (exact) mass is 520 g/mol. The van der Waals surface area contributed by atoms with Gasteiger partial charge in [-0.25, -0.2) is 0 Å². The largest absolute Gasteiger partial charge is 0.368 e. The van der Waals surface area contributed by atoms with Crippen molar-refractivity contribution in [2.45, 2.75) is 149 Å². The van der Waals surface area contributed by atoms with Crippen molar-refractivity contribution in [1.29, 1.82) is 0 Å². The van der Waals surface area contributed by atoms with Crippen LogP contribution in [0.1, 0.15) is 149 Å². The number of rotatable bonds is 28. The van der Waals surface area contributed by atoms with E-state index in [2.05, 4.69) is 43.1 Å². The third-order valence-electron chi connectivity index (χ3n) is 6.84. The number of allylic oxidation sites excluding steroid dienone is 4. The highest BCUT2D eigenvalue weighted by molar-refractivity contribution is 5.68. The van der Waals surface area contributed by atoms with E-state index in [1.807, 2.05) is 19.2 Å². The molecule has 0 saturated heterocycles. The molecule has 4 nitrogen and oxygen atoms in total. The Morgan fingerprint density at radius 3 is 1.57 bits per heavy atom. The summed E-state index contributed by atoms with van der Waals surface area (Å²) < 4.78 is 0. The molecule has 0 unspecified atom stereocenters. The molecular weight excluding hydrogens is 456 g/mol. The summed E-state index contributed by atoms with van der Waals surface area (Å²) in [5.41, 5.74) is 0. The molecule has 0 aliphatic heterocycles. The van der Waals surface area contributed by atoms with Crippen LogP contribution in [0.25, 0.3) is 0 Å². The van der Waals surface area contributed by atoms with E-state index in [9.17, 15) is 4.79 Å². The summed E-state index contributed by atoms with van der Waals surface area (Å²) in [6, 6.07) is 0. The Bertz CT molecular complexity index is 530. The van der Waals surface area contributed by atoms with E-state index >= 15 is 0 Å². The first kappa shape index (κ1) is 35.9. The van der Waals surface area contributed by atoms with Crippen molar-refractivity contribution in [3.05, 3.63) is 24.3 Å². The number of hydrogen-bond donors (Lipinski definition) is 0. The predicted molar refractivity (Wildman–Crippen MR) is 163 cm³/mol. The number of carbonyl (C=O) groups excluding carboxylic acids is 1. The number of unbranched alkanes of at least 4 members (excludes halogenated alkanes) is 15. The van der Waals surface area contributed by atoms with Crippen LogP contribution in [0.15, 0.2) is 24.3 Å². The number of carbonyl (C=O) groups is 1. The molecule has 0 aromatic carbocycles. The highest BCUT2D eigenvalue weighted by atomic mass is 16.7. The molecule has 0 amide bonds. The summed E-state index contributed by atoms with van der Waals surface area (Å²) in [4.78, 5) is 20.2. The van der Waals surface area contributed by atoms with Crippen molar-refractivity contribution in [1.82, 2.24) is 9.96 Å². The van der Waals surface area contributed by atoms with Gasteiger partial charge in [0.05, 0.1) is 0 Å². The first-order chi connectivity index (χ1) is 18.1. The highest BCUT2D eigenvalue weighted by Crippen LogP contribution is 2.12. The van der Waals surface area contributed by atoms with Crippen molar-refractivity contribution < 1.29 is 9.63 Å². The Morgan fingerprint density at radius 2 is 1.03 bits per heavy atom. The lowest BCUT2D eigenvalue weighted by Crippen LogP contribution is -2.30. The van der Waals surface area contributed by atoms with Gasteiger partial charge in [0.2, 0.25) is 0 Å². The van der Waals surface area contributed by atoms with Crippen LogP contribution in [0, 0.1) is 0 Å². The van der Waals surface area contributed by atoms with E-state index in [-0.39, 0.29) is 5.97 Å². The van der Waals surface area contributed by atoms with Gasteiger partial charge in [0.25, 0.3) is 0 Å². The molecule has 0 fully saturated rings. The van der Waals surface area contributed by atoms with Crippen molar-refractivity contribution in [3.63, 3.8) is 0 Å². The first-order valence-electron chi connectivity index (χ1n) is 16.0. The molecule has 0 spiro atoms. The van der Waals surface area contributed by atoms with Crippen molar-refractivity contribution in [3.8, 4) is 0 Å². The van der Waals surface area contributed by atoms with Crippen molar-refractivity contribution in [2.75, 3.05) is 33.7 Å². The van der Waals surface area contributed by atoms with E-state index in [1.165, 1.54) is 103 Å². The van der Waals surface area contributed by atoms with Crippen LogP contribution in [-0.4, -0.2) is 49.7 Å². The van der Waals surface area contributed by atoms with Crippen LogP contribution in [0.2, 0.25) is 0 Å². The average Bonchev–Trinajstić information content (AvgIpc) is 2.87. The van der Waals surface area contributed by atoms with E-state index in [0.717, 1.165) is 45.3 Å². The Balaban J connectivity index is 3.94. The number of nitrogens with zero attached hydrogens (tertiary/aromatic N) is 2. The molecule has 0 saturated carbocycles. The van der Waals surface area contributed by atoms with Crippen LogP contribution in [-0.2, 0) is 9.63 Å². The van der Waals surface area contributed by atoms with Gasteiger partial charge in [0.1, 0.15) is 0 Å². The molecule has 0 rings (SSSR count). The second-order valence-corrected chi connectivity index (χ2v) is 11.0. The minimum absolute atomic E-state index is 0.0650. The fourth-order valence-electron chi connectivity index (χ4n) is 4.45. The number of hydrogen-bond acceptors (Lipinski definition) is 4. The molecule has 0 aromatic rings. The highest BCUT2D eigenvalue weighted by Gasteiger charge is 2.12. The standard InChI is InChI=1S/C33H64N2O2/c1-5-7-9-11-13-14-15-16-17-18-19-20-21-23-25-27-32-35(31-26-24-22-12-10-8-6-2)37-33(36)29-28-30-34(3)4/h13-14,16-17H,5-12,15,18-32H2,1-4H3/b14-13-,17-16-. The Labute approximate surface area is 232 Å². The van der Waals surface area contributed by atoms with Crippen LogP contribution in [0.3, 0.4) is 0 Å². The predicted octanol–water partition coefficient (Wildman–Crippen LogP) is 9.65. The van der Waals surface area contributed by atoms with E-state index < -0.39 is 0 Å². The fraction of sp³-hybridized carbons (Fsp3) is 0.848. The summed E-state index contributed by atoms with van der Waals surface area (Å²) in [5, 5.41) is 1.97. The molecular formula is C33H64N2O2. The first-order valence-corrected chi connectivity index (χ1v) is 16.0. The van der Waals surface area contributed by atoms with Crippen molar-refractivity contribution >= 4 is 5.97 Å². The van der Waals surface area contributed by atoms with Gasteiger partial charge < -0.3 is 9.74 Å². The maximum Gasteiger partial charge on any atom is 0.325 e. The molecule has 0 heterocycles. The molecule has 0 bridgehead atoms. The summed E-state index contributed by atoms with van der Waals surface area (Å²) in [5.74, 6) is -0.0650. The van der Waals surface area contributed by atoms with Gasteiger partial charge in [-0.3, -0.25) is 4.79 Å². The van der Waals surface area contributed by atoms with Gasteiger partial charge in [-0.15, -0.1) is 5.06 Å². The minimum atomic E-state index is -0.0650. The molecule has 0 aliphatic rings. The summed E-state index contributed by atoms with van der Waals surface area (Å²) >= 11 is 0. The van der Waals surface area contributed by atoms with E-state index in [1.54, 1.807) is 0 Å². The Kier molecular flexibility index (Phi) is 28.5. The molecule has 218 valence electrons. The lowest BCUT2D eigenvalue weighted by atomic mass is 10.1. The van der Waals surface area contributed by atoms with Gasteiger partial charge in [-0.1, -0.05) is 115 Å². The second kappa shape index (κ2) is 29.4. The van der Waals surface area contributed by atoms with Gasteiger partial charge in [-0.05, 0) is 72.0 Å². The second-order valence-electron chi connectivity index (χ2n) is 11.0. The smallest absolute Gasteiger partial charge is 0.325 e. The average molecular weight is 521 g/mol. The maximum absolute atomic E-state index is 12.3. The molecule has 37 heavy (non-hydrogen) atoms. The van der Waals surface area contributed by atoms with Crippen LogP contribution < -0.4 is 0 Å². The Morgan fingerprint density at radius 1 is 0.568 bits per heavy atom. The molecule has 0 atom stereocenters. The zero-order chi connectivity index (χ0) is 27.2. The van der Waals surface area contributed by atoms with Gasteiger partial charge >= 0.3 is 5.97 Å².